The fourth-order valence-electron chi connectivity index (χ4n) is 2.61. The maximum absolute atomic E-state index is 12.2. The lowest BCUT2D eigenvalue weighted by molar-refractivity contribution is -0.120. The lowest BCUT2D eigenvalue weighted by Crippen LogP contribution is -2.25. The minimum Gasteiger partial charge on any atom is -0.496 e. The molecule has 1 saturated heterocycles. The van der Waals surface area contributed by atoms with E-state index in [1.54, 1.807) is 7.11 Å². The van der Waals surface area contributed by atoms with Gasteiger partial charge >= 0.3 is 0 Å². The molecular formula is C16H17N3O2. The largest absolute Gasteiger partial charge is 0.496 e. The zero-order valence-electron chi connectivity index (χ0n) is 12.0. The van der Waals surface area contributed by atoms with Crippen LogP contribution in [0.15, 0.2) is 41.4 Å². The van der Waals surface area contributed by atoms with Crippen molar-refractivity contribution in [1.82, 2.24) is 10.6 Å². The highest BCUT2D eigenvalue weighted by Gasteiger charge is 2.30. The normalized spacial score (nSPS) is 19.6. The predicted molar refractivity (Wildman–Crippen MR) is 82.5 cm³/mol. The van der Waals surface area contributed by atoms with Crippen LogP contribution in [0.2, 0.25) is 0 Å². The van der Waals surface area contributed by atoms with Crippen LogP contribution in [0.3, 0.4) is 0 Å². The summed E-state index contributed by atoms with van der Waals surface area (Å²) in [4.78, 5) is 16.4. The van der Waals surface area contributed by atoms with Gasteiger partial charge in [0, 0.05) is 11.9 Å². The van der Waals surface area contributed by atoms with Gasteiger partial charge in [0.05, 0.1) is 7.11 Å². The molecule has 2 aromatic carbocycles. The molecule has 1 amide bonds. The maximum Gasteiger partial charge on any atom is 0.253 e. The molecule has 1 atom stereocenters. The number of rotatable bonds is 3. The Kier molecular flexibility index (Phi) is 3.48. The summed E-state index contributed by atoms with van der Waals surface area (Å²) in [6, 6.07) is 11.3. The number of aliphatic imine (C=N–C) groups is 1. The van der Waals surface area contributed by atoms with Crippen LogP contribution in [-0.4, -0.2) is 25.5 Å². The molecule has 0 radical (unpaired) electrons. The van der Waals surface area contributed by atoms with Gasteiger partial charge in [-0.15, -0.1) is 0 Å². The van der Waals surface area contributed by atoms with E-state index in [0.717, 1.165) is 22.1 Å². The molecule has 1 heterocycles. The second kappa shape index (κ2) is 5.44. The predicted octanol–water partition coefficient (Wildman–Crippen LogP) is 1.98. The Hall–Kier alpha value is -2.56. The minimum atomic E-state index is -0.425. The van der Waals surface area contributed by atoms with E-state index in [0.29, 0.717) is 12.5 Å². The van der Waals surface area contributed by atoms with Crippen molar-refractivity contribution in [3.63, 3.8) is 0 Å². The van der Waals surface area contributed by atoms with Crippen LogP contribution >= 0.6 is 0 Å². The van der Waals surface area contributed by atoms with Gasteiger partial charge in [0.25, 0.3) is 5.91 Å². The number of guanidine groups is 1. The van der Waals surface area contributed by atoms with Crippen molar-refractivity contribution in [1.29, 1.82) is 0 Å². The highest BCUT2D eigenvalue weighted by atomic mass is 16.5. The summed E-state index contributed by atoms with van der Waals surface area (Å²) in [5.41, 5.74) is 0.921. The smallest absolute Gasteiger partial charge is 0.253 e. The van der Waals surface area contributed by atoms with Gasteiger partial charge in [-0.3, -0.25) is 15.1 Å². The molecule has 108 valence electrons. The zero-order valence-corrected chi connectivity index (χ0v) is 12.0. The number of carbonyl (C=O) groups excluding carboxylic acids is 1. The summed E-state index contributed by atoms with van der Waals surface area (Å²) < 4.78 is 5.39. The van der Waals surface area contributed by atoms with E-state index in [1.165, 1.54) is 0 Å². The first-order chi connectivity index (χ1) is 10.2. The number of amides is 1. The monoisotopic (exact) mass is 283 g/mol. The number of benzene rings is 2. The van der Waals surface area contributed by atoms with Crippen molar-refractivity contribution in [2.45, 2.75) is 13.0 Å². The summed E-state index contributed by atoms with van der Waals surface area (Å²) in [5, 5.41) is 7.90. The van der Waals surface area contributed by atoms with Gasteiger partial charge < -0.3 is 10.1 Å². The third-order valence-electron chi connectivity index (χ3n) is 3.55. The topological polar surface area (TPSA) is 62.7 Å². The van der Waals surface area contributed by atoms with E-state index in [2.05, 4.69) is 15.6 Å². The van der Waals surface area contributed by atoms with Gasteiger partial charge in [-0.05, 0) is 23.9 Å². The van der Waals surface area contributed by atoms with Crippen LogP contribution < -0.4 is 15.4 Å². The SMILES string of the molecule is CCN=C1NC(=O)C(c2ccc(OC)c3ccccc23)N1. The average Bonchev–Trinajstić information content (AvgIpc) is 2.87. The van der Waals surface area contributed by atoms with Crippen molar-refractivity contribution in [3.05, 3.63) is 42.0 Å². The first-order valence-corrected chi connectivity index (χ1v) is 6.92. The molecule has 21 heavy (non-hydrogen) atoms. The van der Waals surface area contributed by atoms with Crippen molar-refractivity contribution in [2.75, 3.05) is 13.7 Å². The second-order valence-corrected chi connectivity index (χ2v) is 4.79. The highest BCUT2D eigenvalue weighted by Crippen LogP contribution is 2.32. The number of methoxy groups -OCH3 is 1. The summed E-state index contributed by atoms with van der Waals surface area (Å²) in [5.74, 6) is 1.25. The standard InChI is InChI=1S/C16H17N3O2/c1-3-17-16-18-14(15(20)19-16)12-8-9-13(21-2)11-7-5-4-6-10(11)12/h4-9,14H,3H2,1-2H3,(H2,17,18,19,20). The number of nitrogens with zero attached hydrogens (tertiary/aromatic N) is 1. The molecule has 0 spiro atoms. The minimum absolute atomic E-state index is 0.0856. The molecule has 0 bridgehead atoms. The Morgan fingerprint density at radius 2 is 1.95 bits per heavy atom. The van der Waals surface area contributed by atoms with Crippen molar-refractivity contribution >= 4 is 22.6 Å². The van der Waals surface area contributed by atoms with E-state index >= 15 is 0 Å². The van der Waals surface area contributed by atoms with Crippen LogP contribution in [0.4, 0.5) is 0 Å². The van der Waals surface area contributed by atoms with Crippen LogP contribution in [0, 0.1) is 0 Å². The van der Waals surface area contributed by atoms with Gasteiger partial charge in [-0.1, -0.05) is 30.3 Å². The third-order valence-corrected chi connectivity index (χ3v) is 3.55. The Morgan fingerprint density at radius 1 is 1.19 bits per heavy atom. The molecule has 0 aliphatic carbocycles. The summed E-state index contributed by atoms with van der Waals surface area (Å²) in [7, 11) is 1.65. The fourth-order valence-corrected chi connectivity index (χ4v) is 2.61. The molecule has 5 heteroatoms. The Morgan fingerprint density at radius 3 is 2.67 bits per heavy atom. The van der Waals surface area contributed by atoms with Crippen molar-refractivity contribution in [2.24, 2.45) is 4.99 Å². The molecule has 2 N–H and O–H groups in total. The molecule has 0 saturated carbocycles. The molecular weight excluding hydrogens is 266 g/mol. The second-order valence-electron chi connectivity index (χ2n) is 4.79. The molecule has 2 aromatic rings. The fraction of sp³-hybridized carbons (Fsp3) is 0.250. The summed E-state index contributed by atoms with van der Waals surface area (Å²) in [6.45, 7) is 2.55. The number of fused-ring (bicyclic) bond motifs is 1. The van der Waals surface area contributed by atoms with Gasteiger partial charge in [0.2, 0.25) is 0 Å². The number of nitrogens with one attached hydrogen (secondary N) is 2. The van der Waals surface area contributed by atoms with Crippen LogP contribution in [0.1, 0.15) is 18.5 Å². The van der Waals surface area contributed by atoms with Crippen molar-refractivity contribution in [3.8, 4) is 5.75 Å². The average molecular weight is 283 g/mol. The number of hydrogen-bond donors (Lipinski definition) is 2. The maximum atomic E-state index is 12.2. The van der Waals surface area contributed by atoms with E-state index in [1.807, 2.05) is 43.3 Å². The first-order valence-electron chi connectivity index (χ1n) is 6.92. The lowest BCUT2D eigenvalue weighted by atomic mass is 9.98. The molecule has 1 aliphatic heterocycles. The van der Waals surface area contributed by atoms with Crippen LogP contribution in [-0.2, 0) is 4.79 Å². The molecule has 1 fully saturated rings. The van der Waals surface area contributed by atoms with Crippen LogP contribution in [0.5, 0.6) is 5.75 Å². The zero-order chi connectivity index (χ0) is 14.8. The van der Waals surface area contributed by atoms with Crippen molar-refractivity contribution < 1.29 is 9.53 Å². The lowest BCUT2D eigenvalue weighted by Gasteiger charge is -2.14. The number of hydrogen-bond acceptors (Lipinski definition) is 3. The Bertz CT molecular complexity index is 725. The van der Waals surface area contributed by atoms with E-state index < -0.39 is 6.04 Å². The summed E-state index contributed by atoms with van der Waals surface area (Å²) >= 11 is 0. The number of ether oxygens (including phenoxy) is 1. The van der Waals surface area contributed by atoms with E-state index in [-0.39, 0.29) is 5.91 Å². The molecule has 5 nitrogen and oxygen atoms in total. The van der Waals surface area contributed by atoms with Gasteiger partial charge in [-0.2, -0.15) is 0 Å². The molecule has 3 rings (SSSR count). The molecule has 0 aromatic heterocycles. The highest BCUT2D eigenvalue weighted by molar-refractivity contribution is 6.08. The Labute approximate surface area is 123 Å². The van der Waals surface area contributed by atoms with Gasteiger partial charge in [0.1, 0.15) is 11.8 Å². The quantitative estimate of drug-likeness (QED) is 0.905. The van der Waals surface area contributed by atoms with Gasteiger partial charge in [0.15, 0.2) is 5.96 Å². The van der Waals surface area contributed by atoms with Crippen LogP contribution in [0.25, 0.3) is 10.8 Å². The van der Waals surface area contributed by atoms with E-state index in [4.69, 9.17) is 4.74 Å². The molecule has 1 aliphatic rings. The Balaban J connectivity index is 2.10. The summed E-state index contributed by atoms with van der Waals surface area (Å²) in [6.07, 6.45) is 0. The third kappa shape index (κ3) is 2.31. The van der Waals surface area contributed by atoms with Gasteiger partial charge in [-0.25, -0.2) is 0 Å². The molecule has 1 unspecified atom stereocenters. The van der Waals surface area contributed by atoms with E-state index in [9.17, 15) is 4.79 Å². The number of carbonyl (C=O) groups is 1. The first kappa shape index (κ1) is 13.4.